The molecule has 4 N–H and O–H groups in total. The van der Waals surface area contributed by atoms with Crippen LogP contribution in [0.15, 0.2) is 0 Å². The lowest BCUT2D eigenvalue weighted by atomic mass is 9.95. The number of carbonyl (C=O) groups excluding carboxylic acids is 2. The zero-order valence-electron chi connectivity index (χ0n) is 12.9. The van der Waals surface area contributed by atoms with E-state index in [1.165, 1.54) is 0 Å². The van der Waals surface area contributed by atoms with Gasteiger partial charge in [0.1, 0.15) is 0 Å². The number of hydrogen-bond donors (Lipinski definition) is 3. The van der Waals surface area contributed by atoms with E-state index in [4.69, 9.17) is 5.73 Å². The molecule has 6 nitrogen and oxygen atoms in total. The number of likely N-dealkylation sites (tertiary alicyclic amines) is 1. The van der Waals surface area contributed by atoms with Gasteiger partial charge in [-0.3, -0.25) is 14.5 Å². The number of likely N-dealkylation sites (N-methyl/N-ethyl adjacent to an activating group) is 1. The highest BCUT2D eigenvalue weighted by molar-refractivity contribution is 5.85. The lowest BCUT2D eigenvalue weighted by molar-refractivity contribution is -0.127. The topological polar surface area (TPSA) is 87.5 Å². The standard InChI is InChI=1S/C14H28N4O2/c1-4-7-14(2,15)13(20)17-11-5-8-18(9-6-11)10-12(19)16-3/h11H,4-10,15H2,1-3H3,(H,16,19)(H,17,20). The van der Waals surface area contributed by atoms with Crippen LogP contribution in [0.25, 0.3) is 0 Å². The monoisotopic (exact) mass is 284 g/mol. The molecule has 0 bridgehead atoms. The van der Waals surface area contributed by atoms with Gasteiger partial charge in [-0.2, -0.15) is 0 Å². The van der Waals surface area contributed by atoms with Crippen LogP contribution in [0, 0.1) is 0 Å². The largest absolute Gasteiger partial charge is 0.358 e. The van der Waals surface area contributed by atoms with Gasteiger partial charge in [-0.1, -0.05) is 13.3 Å². The molecular weight excluding hydrogens is 256 g/mol. The molecule has 1 aliphatic rings. The van der Waals surface area contributed by atoms with Gasteiger partial charge in [0.2, 0.25) is 11.8 Å². The van der Waals surface area contributed by atoms with E-state index in [-0.39, 0.29) is 17.9 Å². The van der Waals surface area contributed by atoms with Crippen LogP contribution >= 0.6 is 0 Å². The molecule has 1 heterocycles. The lowest BCUT2D eigenvalue weighted by Crippen LogP contribution is -2.56. The summed E-state index contributed by atoms with van der Waals surface area (Å²) in [7, 11) is 1.64. The average molecular weight is 284 g/mol. The van der Waals surface area contributed by atoms with Gasteiger partial charge >= 0.3 is 0 Å². The van der Waals surface area contributed by atoms with Crippen molar-refractivity contribution in [3.8, 4) is 0 Å². The molecule has 0 saturated carbocycles. The number of nitrogens with one attached hydrogen (secondary N) is 2. The van der Waals surface area contributed by atoms with E-state index in [1.807, 2.05) is 6.92 Å². The Morgan fingerprint density at radius 2 is 1.95 bits per heavy atom. The molecule has 0 aliphatic carbocycles. The Labute approximate surface area is 121 Å². The van der Waals surface area contributed by atoms with Crippen molar-refractivity contribution in [1.82, 2.24) is 15.5 Å². The second-order valence-electron chi connectivity index (χ2n) is 5.86. The minimum atomic E-state index is -0.784. The normalized spacial score (nSPS) is 20.2. The molecule has 0 aromatic heterocycles. The van der Waals surface area contributed by atoms with Crippen molar-refractivity contribution in [2.24, 2.45) is 5.73 Å². The zero-order chi connectivity index (χ0) is 15.2. The maximum Gasteiger partial charge on any atom is 0.240 e. The van der Waals surface area contributed by atoms with Crippen molar-refractivity contribution in [2.45, 2.75) is 51.1 Å². The quantitative estimate of drug-likeness (QED) is 0.632. The van der Waals surface area contributed by atoms with E-state index in [9.17, 15) is 9.59 Å². The number of amides is 2. The van der Waals surface area contributed by atoms with E-state index in [0.29, 0.717) is 13.0 Å². The molecule has 0 radical (unpaired) electrons. The highest BCUT2D eigenvalue weighted by Gasteiger charge is 2.30. The molecule has 0 aromatic rings. The Morgan fingerprint density at radius 3 is 2.45 bits per heavy atom. The highest BCUT2D eigenvalue weighted by Crippen LogP contribution is 2.13. The van der Waals surface area contributed by atoms with Crippen molar-refractivity contribution in [3.05, 3.63) is 0 Å². The summed E-state index contributed by atoms with van der Waals surface area (Å²) >= 11 is 0. The number of nitrogens with zero attached hydrogens (tertiary/aromatic N) is 1. The van der Waals surface area contributed by atoms with E-state index < -0.39 is 5.54 Å². The molecule has 6 heteroatoms. The fourth-order valence-electron chi connectivity index (χ4n) is 2.50. The van der Waals surface area contributed by atoms with Crippen LogP contribution in [0.1, 0.15) is 39.5 Å². The Hall–Kier alpha value is -1.14. The second kappa shape index (κ2) is 7.59. The van der Waals surface area contributed by atoms with Crippen LogP contribution in [0.5, 0.6) is 0 Å². The van der Waals surface area contributed by atoms with E-state index >= 15 is 0 Å². The van der Waals surface area contributed by atoms with Crippen LogP contribution in [-0.4, -0.2) is 55.0 Å². The summed E-state index contributed by atoms with van der Waals surface area (Å²) in [5.74, 6) is -0.0333. The molecule has 0 aromatic carbocycles. The minimum Gasteiger partial charge on any atom is -0.358 e. The SMILES string of the molecule is CCCC(C)(N)C(=O)NC1CCN(CC(=O)NC)CC1. The Kier molecular flexibility index (Phi) is 6.42. The van der Waals surface area contributed by atoms with E-state index in [0.717, 1.165) is 32.4 Å². The molecule has 1 saturated heterocycles. The predicted octanol–water partition coefficient (Wildman–Crippen LogP) is -0.169. The van der Waals surface area contributed by atoms with Crippen LogP contribution < -0.4 is 16.4 Å². The van der Waals surface area contributed by atoms with Gasteiger partial charge in [-0.05, 0) is 26.2 Å². The molecule has 1 atom stereocenters. The van der Waals surface area contributed by atoms with Crippen LogP contribution in [0.2, 0.25) is 0 Å². The van der Waals surface area contributed by atoms with E-state index in [1.54, 1.807) is 14.0 Å². The smallest absolute Gasteiger partial charge is 0.240 e. The molecule has 1 fully saturated rings. The number of piperidine rings is 1. The molecular formula is C14H28N4O2. The third-order valence-electron chi connectivity index (χ3n) is 3.86. The Balaban J connectivity index is 2.35. The maximum atomic E-state index is 12.1. The third kappa shape index (κ3) is 5.09. The maximum absolute atomic E-state index is 12.1. The van der Waals surface area contributed by atoms with Crippen LogP contribution in [0.3, 0.4) is 0 Å². The molecule has 116 valence electrons. The van der Waals surface area contributed by atoms with Crippen molar-refractivity contribution >= 4 is 11.8 Å². The van der Waals surface area contributed by atoms with Gasteiger partial charge in [0.05, 0.1) is 12.1 Å². The first-order valence-electron chi connectivity index (χ1n) is 7.41. The lowest BCUT2D eigenvalue weighted by Gasteiger charge is -2.33. The Bertz CT molecular complexity index is 336. The van der Waals surface area contributed by atoms with Gasteiger partial charge in [-0.25, -0.2) is 0 Å². The number of carbonyl (C=O) groups is 2. The number of nitrogens with two attached hydrogens (primary N) is 1. The molecule has 1 unspecified atom stereocenters. The van der Waals surface area contributed by atoms with Gasteiger partial charge < -0.3 is 16.4 Å². The zero-order valence-corrected chi connectivity index (χ0v) is 12.9. The molecule has 1 aliphatic heterocycles. The molecule has 1 rings (SSSR count). The summed E-state index contributed by atoms with van der Waals surface area (Å²) in [5, 5.41) is 5.66. The number of rotatable bonds is 6. The summed E-state index contributed by atoms with van der Waals surface area (Å²) in [6.45, 7) is 5.89. The summed E-state index contributed by atoms with van der Waals surface area (Å²) in [4.78, 5) is 25.5. The molecule has 20 heavy (non-hydrogen) atoms. The highest BCUT2D eigenvalue weighted by atomic mass is 16.2. The third-order valence-corrected chi connectivity index (χ3v) is 3.86. The van der Waals surface area contributed by atoms with E-state index in [2.05, 4.69) is 15.5 Å². The van der Waals surface area contributed by atoms with Crippen molar-refractivity contribution in [1.29, 1.82) is 0 Å². The van der Waals surface area contributed by atoms with Crippen LogP contribution in [-0.2, 0) is 9.59 Å². The first-order chi connectivity index (χ1) is 9.39. The molecule has 0 spiro atoms. The van der Waals surface area contributed by atoms with Crippen molar-refractivity contribution in [3.63, 3.8) is 0 Å². The van der Waals surface area contributed by atoms with Crippen LogP contribution in [0.4, 0.5) is 0 Å². The van der Waals surface area contributed by atoms with Gasteiger partial charge in [0.15, 0.2) is 0 Å². The van der Waals surface area contributed by atoms with Crippen molar-refractivity contribution in [2.75, 3.05) is 26.7 Å². The minimum absolute atomic E-state index is 0.0324. The Morgan fingerprint density at radius 1 is 1.35 bits per heavy atom. The summed E-state index contributed by atoms with van der Waals surface area (Å²) in [5.41, 5.74) is 5.24. The van der Waals surface area contributed by atoms with Gasteiger partial charge in [0.25, 0.3) is 0 Å². The van der Waals surface area contributed by atoms with Crippen molar-refractivity contribution < 1.29 is 9.59 Å². The summed E-state index contributed by atoms with van der Waals surface area (Å²) < 4.78 is 0. The van der Waals surface area contributed by atoms with Gasteiger partial charge in [0, 0.05) is 26.2 Å². The summed E-state index contributed by atoms with van der Waals surface area (Å²) in [6, 6.07) is 0.170. The fourth-order valence-corrected chi connectivity index (χ4v) is 2.50. The molecule has 2 amide bonds. The first-order valence-corrected chi connectivity index (χ1v) is 7.41. The predicted molar refractivity (Wildman–Crippen MR) is 79.2 cm³/mol. The second-order valence-corrected chi connectivity index (χ2v) is 5.86. The summed E-state index contributed by atoms with van der Waals surface area (Å²) in [6.07, 6.45) is 3.31. The van der Waals surface area contributed by atoms with Gasteiger partial charge in [-0.15, -0.1) is 0 Å². The number of hydrogen-bond acceptors (Lipinski definition) is 4. The fraction of sp³-hybridized carbons (Fsp3) is 0.857. The average Bonchev–Trinajstić information content (AvgIpc) is 2.40. The first kappa shape index (κ1) is 16.9.